The van der Waals surface area contributed by atoms with Crippen LogP contribution in [0.4, 0.5) is 5.69 Å². The van der Waals surface area contributed by atoms with Gasteiger partial charge in [-0.25, -0.2) is 0 Å². The molecule has 0 radical (unpaired) electrons. The third kappa shape index (κ3) is 6.71. The van der Waals surface area contributed by atoms with Gasteiger partial charge >= 0.3 is 0 Å². The molecule has 1 aromatic heterocycles. The van der Waals surface area contributed by atoms with E-state index in [-0.39, 0.29) is 13.1 Å². The van der Waals surface area contributed by atoms with E-state index in [1.54, 1.807) is 0 Å². The molecule has 2 heterocycles. The van der Waals surface area contributed by atoms with Gasteiger partial charge in [-0.15, -0.1) is 0 Å². The molecule has 0 fully saturated rings. The second-order valence-electron chi connectivity index (χ2n) is 11.0. The molecule has 0 aliphatic carbocycles. The van der Waals surface area contributed by atoms with E-state index in [9.17, 15) is 25.9 Å². The van der Waals surface area contributed by atoms with Gasteiger partial charge in [0.25, 0.3) is 25.2 Å². The van der Waals surface area contributed by atoms with Gasteiger partial charge in [-0.3, -0.25) is 9.11 Å². The predicted octanol–water partition coefficient (Wildman–Crippen LogP) is 6.99. The lowest BCUT2D eigenvalue weighted by Crippen LogP contribution is -2.43. The van der Waals surface area contributed by atoms with Gasteiger partial charge in [0.15, 0.2) is 6.54 Å². The number of rotatable bonds is 9. The number of benzene rings is 4. The van der Waals surface area contributed by atoms with Crippen LogP contribution in [-0.2, 0) is 26.8 Å². The number of anilines is 1. The molecule has 5 aromatic rings. The summed E-state index contributed by atoms with van der Waals surface area (Å²) in [6.45, 7) is 2.95. The van der Waals surface area contributed by atoms with Gasteiger partial charge in [0.2, 0.25) is 5.52 Å². The van der Waals surface area contributed by atoms with Crippen LogP contribution in [0.2, 0.25) is 0 Å². The molecular weight excluding hydrogens is 649 g/mol. The molecule has 0 spiro atoms. The third-order valence-corrected chi connectivity index (χ3v) is 12.4. The fourth-order valence-electron chi connectivity index (χ4n) is 5.22. The Morgan fingerprint density at radius 3 is 1.93 bits per heavy atom. The molecule has 45 heavy (non-hydrogen) atoms. The maximum atomic E-state index is 12.1. The summed E-state index contributed by atoms with van der Waals surface area (Å²) in [6.07, 6.45) is 1.92. The summed E-state index contributed by atoms with van der Waals surface area (Å²) >= 11 is 2.95. The standard InChI is InChI=1S/C33H30N2O6S4/c1-22(44(36,37)38)20-34-28-17-26(24-9-5-3-6-10-24)13-15-30(28)42-32(34)19-33-35(21-23(2)45(39,40)41)29-18-27(14-16-31(29)43-33)25-11-7-4-8-12-25/h3-19,22-23H,20-21H2,1-2H3,(H-,36,37,38,39,40,41)/p+1. The molecule has 12 heteroatoms. The minimum atomic E-state index is -4.32. The lowest BCUT2D eigenvalue weighted by Gasteiger charge is -2.23. The SMILES string of the molecule is CC(CN1C(=Cc2sc3ccc(-c4ccccc4)cc3[n+]2CC(C)S(=O)(=O)O)Sc2ccc(-c3ccccc3)cc21)S(=O)(=O)O. The Morgan fingerprint density at radius 2 is 1.33 bits per heavy atom. The maximum Gasteiger partial charge on any atom is 0.273 e. The number of thioether (sulfide) groups is 1. The highest BCUT2D eigenvalue weighted by molar-refractivity contribution is 8.04. The van der Waals surface area contributed by atoms with Crippen molar-refractivity contribution < 1.29 is 30.5 Å². The Morgan fingerprint density at radius 1 is 0.756 bits per heavy atom. The zero-order valence-corrected chi connectivity index (χ0v) is 27.7. The lowest BCUT2D eigenvalue weighted by molar-refractivity contribution is -0.667. The minimum Gasteiger partial charge on any atom is -0.333 e. The van der Waals surface area contributed by atoms with E-state index in [1.807, 2.05) is 113 Å². The smallest absolute Gasteiger partial charge is 0.273 e. The summed E-state index contributed by atoms with van der Waals surface area (Å²) in [6, 6.07) is 31.8. The van der Waals surface area contributed by atoms with Crippen LogP contribution in [0.3, 0.4) is 0 Å². The minimum absolute atomic E-state index is 0.00732. The van der Waals surface area contributed by atoms with Gasteiger partial charge in [-0.05, 0) is 54.3 Å². The molecule has 232 valence electrons. The summed E-state index contributed by atoms with van der Waals surface area (Å²) in [7, 11) is -8.64. The van der Waals surface area contributed by atoms with Gasteiger partial charge in [-0.1, -0.05) is 95.9 Å². The second-order valence-corrected chi connectivity index (χ2v) is 16.8. The van der Waals surface area contributed by atoms with Gasteiger partial charge in [0.1, 0.15) is 15.2 Å². The molecule has 0 saturated carbocycles. The molecule has 0 amide bonds. The van der Waals surface area contributed by atoms with E-state index in [0.717, 1.165) is 53.1 Å². The molecule has 2 atom stereocenters. The van der Waals surface area contributed by atoms with Crippen LogP contribution in [0, 0.1) is 0 Å². The Hall–Kier alpha value is -3.52. The Labute approximate surface area is 271 Å². The van der Waals surface area contributed by atoms with Crippen molar-refractivity contribution in [2.24, 2.45) is 0 Å². The third-order valence-electron chi connectivity index (χ3n) is 7.82. The average molecular weight is 680 g/mol. The van der Waals surface area contributed by atoms with Crippen molar-refractivity contribution in [3.63, 3.8) is 0 Å². The monoisotopic (exact) mass is 679 g/mol. The number of nitrogens with zero attached hydrogens (tertiary/aromatic N) is 2. The number of hydrogen-bond acceptors (Lipinski definition) is 7. The number of aromatic nitrogens is 1. The number of thiazole rings is 1. The van der Waals surface area contributed by atoms with Crippen molar-refractivity contribution in [2.45, 2.75) is 35.8 Å². The van der Waals surface area contributed by atoms with E-state index < -0.39 is 30.7 Å². The summed E-state index contributed by atoms with van der Waals surface area (Å²) in [5, 5.41) is -0.687. The van der Waals surface area contributed by atoms with E-state index in [0.29, 0.717) is 0 Å². The molecule has 0 saturated heterocycles. The first-order valence-electron chi connectivity index (χ1n) is 14.2. The summed E-state index contributed by atoms with van der Waals surface area (Å²) in [5.74, 6) is 0. The van der Waals surface area contributed by atoms with Crippen molar-refractivity contribution in [3.8, 4) is 22.3 Å². The van der Waals surface area contributed by atoms with E-state index >= 15 is 0 Å². The van der Waals surface area contributed by atoms with Gasteiger partial charge in [0.05, 0.1) is 16.8 Å². The number of fused-ring (bicyclic) bond motifs is 2. The highest BCUT2D eigenvalue weighted by Gasteiger charge is 2.33. The predicted molar refractivity (Wildman–Crippen MR) is 183 cm³/mol. The first-order valence-corrected chi connectivity index (χ1v) is 18.8. The normalized spacial score (nSPS) is 15.8. The fourth-order valence-corrected chi connectivity index (χ4v) is 8.15. The van der Waals surface area contributed by atoms with Crippen LogP contribution in [-0.4, -0.2) is 43.0 Å². The zero-order valence-electron chi connectivity index (χ0n) is 24.4. The van der Waals surface area contributed by atoms with Crippen LogP contribution in [0.1, 0.15) is 18.9 Å². The topological polar surface area (TPSA) is 116 Å². The lowest BCUT2D eigenvalue weighted by atomic mass is 10.0. The highest BCUT2D eigenvalue weighted by Crippen LogP contribution is 2.48. The van der Waals surface area contributed by atoms with Gasteiger partial charge < -0.3 is 4.90 Å². The molecule has 2 unspecified atom stereocenters. The summed E-state index contributed by atoms with van der Waals surface area (Å²) in [4.78, 5) is 2.81. The summed E-state index contributed by atoms with van der Waals surface area (Å²) in [5.41, 5.74) is 5.59. The molecule has 2 N–H and O–H groups in total. The van der Waals surface area contributed by atoms with E-state index in [2.05, 4.69) is 0 Å². The van der Waals surface area contributed by atoms with Crippen molar-refractivity contribution in [3.05, 3.63) is 107 Å². The molecular formula is C33H31N2O6S4+. The quantitative estimate of drug-likeness (QED) is 0.127. The van der Waals surface area contributed by atoms with Crippen molar-refractivity contribution in [2.75, 3.05) is 11.4 Å². The molecule has 1 aliphatic rings. The van der Waals surface area contributed by atoms with Crippen LogP contribution in [0.25, 0.3) is 38.5 Å². The molecule has 1 aliphatic heterocycles. The van der Waals surface area contributed by atoms with Crippen molar-refractivity contribution in [1.29, 1.82) is 0 Å². The van der Waals surface area contributed by atoms with Crippen LogP contribution >= 0.6 is 23.1 Å². The highest BCUT2D eigenvalue weighted by atomic mass is 32.2. The first-order chi connectivity index (χ1) is 21.4. The van der Waals surface area contributed by atoms with Crippen LogP contribution in [0.5, 0.6) is 0 Å². The molecule has 0 bridgehead atoms. The van der Waals surface area contributed by atoms with Crippen LogP contribution in [0.15, 0.2) is 107 Å². The molecule has 6 rings (SSSR count). The van der Waals surface area contributed by atoms with Crippen molar-refractivity contribution >= 4 is 65.3 Å². The Bertz CT molecular complexity index is 2130. The van der Waals surface area contributed by atoms with Crippen LogP contribution < -0.4 is 9.47 Å². The molecule has 8 nitrogen and oxygen atoms in total. The van der Waals surface area contributed by atoms with E-state index in [1.165, 1.54) is 36.9 Å². The second kappa shape index (κ2) is 12.3. The molecule has 4 aromatic carbocycles. The average Bonchev–Trinajstić information content (AvgIpc) is 3.53. The van der Waals surface area contributed by atoms with E-state index in [4.69, 9.17) is 0 Å². The Kier molecular flexibility index (Phi) is 8.63. The largest absolute Gasteiger partial charge is 0.333 e. The summed E-state index contributed by atoms with van der Waals surface area (Å²) < 4.78 is 71.1. The number of hydrogen-bond donors (Lipinski definition) is 2. The van der Waals surface area contributed by atoms with Crippen molar-refractivity contribution in [1.82, 2.24) is 0 Å². The fraction of sp³-hybridized carbons (Fsp3) is 0.182. The maximum absolute atomic E-state index is 12.1. The van der Waals surface area contributed by atoms with Gasteiger partial charge in [0, 0.05) is 17.5 Å². The van der Waals surface area contributed by atoms with Gasteiger partial charge in [-0.2, -0.15) is 21.4 Å². The zero-order chi connectivity index (χ0) is 31.9. The first kappa shape index (κ1) is 31.5. The Balaban J connectivity index is 1.49.